The average Bonchev–Trinajstić information content (AvgIpc) is 2.49. The van der Waals surface area contributed by atoms with Gasteiger partial charge in [-0.2, -0.15) is 22.0 Å². The zero-order valence-electron chi connectivity index (χ0n) is 6.89. The van der Waals surface area contributed by atoms with E-state index in [1.54, 1.807) is 0 Å². The van der Waals surface area contributed by atoms with Crippen LogP contribution in [-0.4, -0.2) is 26.4 Å². The van der Waals surface area contributed by atoms with Crippen molar-refractivity contribution in [3.8, 4) is 0 Å². The molecule has 0 bridgehead atoms. The molecule has 0 aliphatic carbocycles. The third-order valence-corrected chi connectivity index (χ3v) is 1.36. The minimum Gasteiger partial charge on any atom is -0.169 e. The van der Waals surface area contributed by atoms with Crippen molar-refractivity contribution in [1.82, 2.24) is 20.2 Å². The number of alkyl halides is 5. The first-order valence-electron chi connectivity index (χ1n) is 3.53. The highest BCUT2D eigenvalue weighted by Crippen LogP contribution is 2.38. The fourth-order valence-corrected chi connectivity index (χ4v) is 0.617. The SMILES string of the molecule is CCc1nnn(C(F)(F)C(F)(F)F)n1. The van der Waals surface area contributed by atoms with Crippen LogP contribution in [0.25, 0.3) is 0 Å². The van der Waals surface area contributed by atoms with Crippen molar-refractivity contribution in [3.63, 3.8) is 0 Å². The van der Waals surface area contributed by atoms with Crippen LogP contribution < -0.4 is 0 Å². The Morgan fingerprint density at radius 1 is 1.21 bits per heavy atom. The molecule has 1 heterocycles. The fourth-order valence-electron chi connectivity index (χ4n) is 0.617. The van der Waals surface area contributed by atoms with Crippen LogP contribution in [0.4, 0.5) is 22.0 Å². The summed E-state index contributed by atoms with van der Waals surface area (Å²) < 4.78 is 60.2. The lowest BCUT2D eigenvalue weighted by molar-refractivity contribution is -0.333. The second-order valence-corrected chi connectivity index (χ2v) is 2.39. The predicted octanol–water partition coefficient (Wildman–Crippen LogP) is 1.35. The van der Waals surface area contributed by atoms with Crippen molar-refractivity contribution in [2.24, 2.45) is 0 Å². The minimum atomic E-state index is -5.72. The van der Waals surface area contributed by atoms with Gasteiger partial charge in [0.15, 0.2) is 5.82 Å². The van der Waals surface area contributed by atoms with Crippen LogP contribution in [0.2, 0.25) is 0 Å². The van der Waals surface area contributed by atoms with E-state index in [2.05, 4.69) is 15.4 Å². The molecule has 0 N–H and O–H groups in total. The highest BCUT2D eigenvalue weighted by molar-refractivity contribution is 4.77. The lowest BCUT2D eigenvalue weighted by Gasteiger charge is -2.16. The Morgan fingerprint density at radius 2 is 1.79 bits per heavy atom. The molecule has 80 valence electrons. The molecular weight excluding hydrogens is 211 g/mol. The third kappa shape index (κ3) is 1.66. The Morgan fingerprint density at radius 3 is 2.14 bits per heavy atom. The van der Waals surface area contributed by atoms with Crippen LogP contribution in [0.3, 0.4) is 0 Å². The number of hydrogen-bond acceptors (Lipinski definition) is 3. The number of aromatic nitrogens is 4. The first-order valence-corrected chi connectivity index (χ1v) is 3.53. The van der Waals surface area contributed by atoms with Gasteiger partial charge < -0.3 is 0 Å². The Labute approximate surface area is 74.7 Å². The lowest BCUT2D eigenvalue weighted by atomic mass is 10.5. The van der Waals surface area contributed by atoms with Gasteiger partial charge in [-0.25, -0.2) is 0 Å². The summed E-state index contributed by atoms with van der Waals surface area (Å²) in [6, 6.07) is -5.12. The fraction of sp³-hybridized carbons (Fsp3) is 0.800. The van der Waals surface area contributed by atoms with Gasteiger partial charge in [-0.15, -0.1) is 10.2 Å². The molecule has 1 aromatic heterocycles. The first-order chi connectivity index (χ1) is 6.29. The summed E-state index contributed by atoms with van der Waals surface area (Å²) in [7, 11) is 0. The molecule has 0 aliphatic heterocycles. The summed E-state index contributed by atoms with van der Waals surface area (Å²) >= 11 is 0. The lowest BCUT2D eigenvalue weighted by Crippen LogP contribution is -2.41. The van der Waals surface area contributed by atoms with E-state index in [1.807, 2.05) is 0 Å². The maximum absolute atomic E-state index is 12.5. The van der Waals surface area contributed by atoms with Crippen molar-refractivity contribution in [3.05, 3.63) is 5.82 Å². The summed E-state index contributed by atoms with van der Waals surface area (Å²) in [5.41, 5.74) is 0. The van der Waals surface area contributed by atoms with Crippen LogP contribution in [0.1, 0.15) is 12.7 Å². The normalized spacial score (nSPS) is 13.3. The number of aryl methyl sites for hydroxylation is 1. The van der Waals surface area contributed by atoms with Crippen LogP contribution in [0.15, 0.2) is 0 Å². The number of tetrazole rings is 1. The molecule has 4 nitrogen and oxygen atoms in total. The first kappa shape index (κ1) is 10.8. The van der Waals surface area contributed by atoms with Crippen LogP contribution in [0.5, 0.6) is 0 Å². The standard InChI is InChI=1S/C5H5F5N4/c1-2-3-11-13-14(12-3)5(9,10)4(6,7)8/h2H2,1H3. The Hall–Kier alpha value is -1.28. The van der Waals surface area contributed by atoms with Crippen molar-refractivity contribution >= 4 is 0 Å². The summed E-state index contributed by atoms with van der Waals surface area (Å²) in [5.74, 6) is -0.172. The molecule has 0 saturated heterocycles. The monoisotopic (exact) mass is 216 g/mol. The molecular formula is C5H5F5N4. The summed E-state index contributed by atoms with van der Waals surface area (Å²) in [5, 5.41) is 8.54. The molecule has 0 spiro atoms. The second kappa shape index (κ2) is 3.14. The molecule has 0 atom stereocenters. The second-order valence-electron chi connectivity index (χ2n) is 2.39. The van der Waals surface area contributed by atoms with Crippen LogP contribution in [0, 0.1) is 0 Å². The molecule has 1 rings (SSSR count). The molecule has 14 heavy (non-hydrogen) atoms. The van der Waals surface area contributed by atoms with E-state index in [0.29, 0.717) is 0 Å². The van der Waals surface area contributed by atoms with E-state index < -0.39 is 17.0 Å². The molecule has 0 unspecified atom stereocenters. The molecule has 0 radical (unpaired) electrons. The Kier molecular flexibility index (Phi) is 2.42. The van der Waals surface area contributed by atoms with Gasteiger partial charge in [0.1, 0.15) is 0 Å². The zero-order valence-corrected chi connectivity index (χ0v) is 6.89. The highest BCUT2D eigenvalue weighted by atomic mass is 19.4. The third-order valence-electron chi connectivity index (χ3n) is 1.36. The smallest absolute Gasteiger partial charge is 0.169 e. The van der Waals surface area contributed by atoms with E-state index in [9.17, 15) is 22.0 Å². The van der Waals surface area contributed by atoms with Crippen molar-refractivity contribution in [2.45, 2.75) is 25.6 Å². The van der Waals surface area contributed by atoms with Crippen molar-refractivity contribution in [1.29, 1.82) is 0 Å². The summed E-state index contributed by atoms with van der Waals surface area (Å²) in [4.78, 5) is -0.730. The van der Waals surface area contributed by atoms with E-state index in [0.717, 1.165) is 0 Å². The highest BCUT2D eigenvalue weighted by Gasteiger charge is 2.61. The van der Waals surface area contributed by atoms with Crippen molar-refractivity contribution < 1.29 is 22.0 Å². The molecule has 9 heteroatoms. The maximum atomic E-state index is 12.5. The molecule has 0 amide bonds. The summed E-state index contributed by atoms with van der Waals surface area (Å²) in [6.45, 7) is 1.51. The molecule has 0 fully saturated rings. The molecule has 0 aromatic carbocycles. The van der Waals surface area contributed by atoms with Crippen LogP contribution >= 0.6 is 0 Å². The van der Waals surface area contributed by atoms with Gasteiger partial charge in [-0.3, -0.25) is 0 Å². The number of hydrogen-bond donors (Lipinski definition) is 0. The van der Waals surface area contributed by atoms with Crippen LogP contribution in [-0.2, 0) is 12.5 Å². The number of rotatable bonds is 2. The minimum absolute atomic E-state index is 0.133. The Bertz CT molecular complexity index is 316. The largest absolute Gasteiger partial charge is 0.479 e. The molecule has 0 aliphatic rings. The zero-order chi connectivity index (χ0) is 11.0. The number of halogens is 5. The molecule has 1 aromatic rings. The van der Waals surface area contributed by atoms with E-state index in [1.165, 1.54) is 6.92 Å². The van der Waals surface area contributed by atoms with E-state index in [-0.39, 0.29) is 12.2 Å². The van der Waals surface area contributed by atoms with Gasteiger partial charge in [0, 0.05) is 6.42 Å². The topological polar surface area (TPSA) is 43.6 Å². The van der Waals surface area contributed by atoms with E-state index >= 15 is 0 Å². The van der Waals surface area contributed by atoms with Gasteiger partial charge in [0.2, 0.25) is 0 Å². The predicted molar refractivity (Wildman–Crippen MR) is 33.4 cm³/mol. The average molecular weight is 216 g/mol. The van der Waals surface area contributed by atoms with Gasteiger partial charge >= 0.3 is 12.2 Å². The van der Waals surface area contributed by atoms with Gasteiger partial charge in [0.05, 0.1) is 0 Å². The van der Waals surface area contributed by atoms with Gasteiger partial charge in [-0.05, 0) is 5.21 Å². The van der Waals surface area contributed by atoms with E-state index in [4.69, 9.17) is 0 Å². The van der Waals surface area contributed by atoms with Crippen molar-refractivity contribution in [2.75, 3.05) is 0 Å². The number of nitrogens with zero attached hydrogens (tertiary/aromatic N) is 4. The Balaban J connectivity index is 3.04. The quantitative estimate of drug-likeness (QED) is 0.701. The molecule has 0 saturated carbocycles. The van der Waals surface area contributed by atoms with Gasteiger partial charge in [0.25, 0.3) is 0 Å². The summed E-state index contributed by atoms with van der Waals surface area (Å²) in [6.07, 6.45) is -5.59. The van der Waals surface area contributed by atoms with Gasteiger partial charge in [-0.1, -0.05) is 11.7 Å². The maximum Gasteiger partial charge on any atom is 0.479 e.